The number of nitrogens with one attached hydrogen (secondary N) is 1. The van der Waals surface area contributed by atoms with E-state index in [9.17, 15) is 4.79 Å². The molecule has 6 heteroatoms. The summed E-state index contributed by atoms with van der Waals surface area (Å²) in [6, 6.07) is 7.50. The SMILES string of the molecule is NNC(=O)c1c(CSCC2CCCO2)oc2ccccc12. The summed E-state index contributed by atoms with van der Waals surface area (Å²) in [5.74, 6) is 7.19. The Hall–Kier alpha value is -1.50. The first-order chi connectivity index (χ1) is 10.3. The van der Waals surface area contributed by atoms with Crippen LogP contribution in [0.1, 0.15) is 29.0 Å². The van der Waals surface area contributed by atoms with Crippen molar-refractivity contribution < 1.29 is 13.9 Å². The molecule has 3 N–H and O–H groups in total. The number of nitrogens with two attached hydrogens (primary N) is 1. The van der Waals surface area contributed by atoms with Gasteiger partial charge >= 0.3 is 0 Å². The summed E-state index contributed by atoms with van der Waals surface area (Å²) in [7, 11) is 0. The summed E-state index contributed by atoms with van der Waals surface area (Å²) < 4.78 is 11.4. The second-order valence-corrected chi connectivity index (χ2v) is 6.05. The second-order valence-electron chi connectivity index (χ2n) is 5.02. The molecular formula is C15H18N2O3S. The fraction of sp³-hybridized carbons (Fsp3) is 0.400. The predicted molar refractivity (Wildman–Crippen MR) is 83.0 cm³/mol. The number of amides is 1. The zero-order valence-electron chi connectivity index (χ0n) is 11.6. The molecule has 1 atom stereocenters. The Morgan fingerprint density at radius 1 is 1.43 bits per heavy atom. The van der Waals surface area contributed by atoms with Crippen LogP contribution in [0.4, 0.5) is 0 Å². The monoisotopic (exact) mass is 306 g/mol. The van der Waals surface area contributed by atoms with Crippen molar-refractivity contribution in [2.75, 3.05) is 12.4 Å². The van der Waals surface area contributed by atoms with E-state index in [1.807, 2.05) is 24.3 Å². The molecule has 1 aliphatic heterocycles. The highest BCUT2D eigenvalue weighted by Crippen LogP contribution is 2.29. The molecule has 0 saturated carbocycles. The molecule has 112 valence electrons. The Morgan fingerprint density at radius 3 is 3.05 bits per heavy atom. The molecular weight excluding hydrogens is 288 g/mol. The summed E-state index contributed by atoms with van der Waals surface area (Å²) in [6.45, 7) is 0.858. The van der Waals surface area contributed by atoms with Gasteiger partial charge in [0.25, 0.3) is 5.91 Å². The summed E-state index contributed by atoms with van der Waals surface area (Å²) in [5, 5.41) is 0.799. The fourth-order valence-electron chi connectivity index (χ4n) is 2.58. The minimum absolute atomic E-state index is 0.312. The Kier molecular flexibility index (Phi) is 4.48. The lowest BCUT2D eigenvalue weighted by molar-refractivity contribution is 0.0953. The quantitative estimate of drug-likeness (QED) is 0.504. The van der Waals surface area contributed by atoms with Crippen molar-refractivity contribution in [2.24, 2.45) is 5.84 Å². The molecule has 1 aliphatic rings. The lowest BCUT2D eigenvalue weighted by Gasteiger charge is -2.08. The van der Waals surface area contributed by atoms with Crippen LogP contribution in [0, 0.1) is 0 Å². The van der Waals surface area contributed by atoms with Gasteiger partial charge in [0.1, 0.15) is 11.3 Å². The number of fused-ring (bicyclic) bond motifs is 1. The molecule has 1 aromatic carbocycles. The fourth-order valence-corrected chi connectivity index (χ4v) is 3.61. The molecule has 2 aromatic rings. The molecule has 21 heavy (non-hydrogen) atoms. The Balaban J connectivity index is 1.78. The Labute approximate surface area is 127 Å². The van der Waals surface area contributed by atoms with Crippen LogP contribution in [-0.4, -0.2) is 24.4 Å². The Morgan fingerprint density at radius 2 is 2.29 bits per heavy atom. The smallest absolute Gasteiger partial charge is 0.269 e. The summed E-state index contributed by atoms with van der Waals surface area (Å²) in [5.41, 5.74) is 3.45. The maximum absolute atomic E-state index is 12.0. The van der Waals surface area contributed by atoms with Crippen LogP contribution in [0.15, 0.2) is 28.7 Å². The largest absolute Gasteiger partial charge is 0.459 e. The first-order valence-electron chi connectivity index (χ1n) is 7.00. The number of benzene rings is 1. The van der Waals surface area contributed by atoms with Gasteiger partial charge < -0.3 is 9.15 Å². The zero-order chi connectivity index (χ0) is 14.7. The van der Waals surface area contributed by atoms with Gasteiger partial charge in [-0.1, -0.05) is 18.2 Å². The van der Waals surface area contributed by atoms with E-state index in [2.05, 4.69) is 5.43 Å². The molecule has 0 spiro atoms. The highest BCUT2D eigenvalue weighted by Gasteiger charge is 2.21. The van der Waals surface area contributed by atoms with Crippen molar-refractivity contribution in [1.82, 2.24) is 5.43 Å². The number of ether oxygens (including phenoxy) is 1. The van der Waals surface area contributed by atoms with Gasteiger partial charge in [-0.2, -0.15) is 11.8 Å². The molecule has 0 aliphatic carbocycles. The number of carbonyl (C=O) groups is 1. The molecule has 1 unspecified atom stereocenters. The van der Waals surface area contributed by atoms with Gasteiger partial charge in [0.05, 0.1) is 17.4 Å². The van der Waals surface area contributed by atoms with E-state index in [0.717, 1.165) is 30.6 Å². The van der Waals surface area contributed by atoms with Gasteiger partial charge in [0, 0.05) is 17.7 Å². The Bertz CT molecular complexity index is 635. The number of furan rings is 1. The molecule has 0 bridgehead atoms. The lowest BCUT2D eigenvalue weighted by atomic mass is 10.1. The first kappa shape index (κ1) is 14.4. The lowest BCUT2D eigenvalue weighted by Crippen LogP contribution is -2.30. The summed E-state index contributed by atoms with van der Waals surface area (Å²) in [4.78, 5) is 12.0. The standard InChI is InChI=1S/C15H18N2O3S/c16-17-15(18)14-11-5-1-2-6-12(11)20-13(14)9-21-8-10-4-3-7-19-10/h1-2,5-6,10H,3-4,7-9,16H2,(H,17,18). The molecule has 1 amide bonds. The maximum Gasteiger partial charge on any atom is 0.269 e. The third-order valence-electron chi connectivity index (χ3n) is 3.59. The van der Waals surface area contributed by atoms with Crippen LogP contribution in [0.25, 0.3) is 11.0 Å². The number of carbonyl (C=O) groups excluding carboxylic acids is 1. The van der Waals surface area contributed by atoms with Gasteiger partial charge in [-0.3, -0.25) is 10.2 Å². The number of hydrogen-bond acceptors (Lipinski definition) is 5. The van der Waals surface area contributed by atoms with Gasteiger partial charge in [-0.25, -0.2) is 5.84 Å². The topological polar surface area (TPSA) is 77.5 Å². The molecule has 1 fully saturated rings. The predicted octanol–water partition coefficient (Wildman–Crippen LogP) is 2.45. The van der Waals surface area contributed by atoms with Crippen molar-refractivity contribution in [3.63, 3.8) is 0 Å². The molecule has 3 rings (SSSR count). The highest BCUT2D eigenvalue weighted by atomic mass is 32.2. The van der Waals surface area contributed by atoms with Gasteiger partial charge in [-0.05, 0) is 18.9 Å². The average Bonchev–Trinajstić information content (AvgIpc) is 3.13. The van der Waals surface area contributed by atoms with Crippen molar-refractivity contribution in [1.29, 1.82) is 0 Å². The van der Waals surface area contributed by atoms with Crippen molar-refractivity contribution >= 4 is 28.6 Å². The summed E-state index contributed by atoms with van der Waals surface area (Å²) >= 11 is 1.72. The van der Waals surface area contributed by atoms with Gasteiger partial charge in [0.15, 0.2) is 0 Å². The molecule has 1 saturated heterocycles. The number of para-hydroxylation sites is 1. The maximum atomic E-state index is 12.0. The van der Waals surface area contributed by atoms with Gasteiger partial charge in [-0.15, -0.1) is 0 Å². The van der Waals surface area contributed by atoms with Crippen molar-refractivity contribution in [3.05, 3.63) is 35.6 Å². The minimum atomic E-state index is -0.312. The molecule has 5 nitrogen and oxygen atoms in total. The average molecular weight is 306 g/mol. The van der Waals surface area contributed by atoms with E-state index >= 15 is 0 Å². The zero-order valence-corrected chi connectivity index (χ0v) is 12.4. The van der Waals surface area contributed by atoms with Crippen molar-refractivity contribution in [3.8, 4) is 0 Å². The molecule has 0 radical (unpaired) electrons. The van der Waals surface area contributed by atoms with Crippen LogP contribution in [0.3, 0.4) is 0 Å². The van der Waals surface area contributed by atoms with E-state index in [4.69, 9.17) is 15.0 Å². The summed E-state index contributed by atoms with van der Waals surface area (Å²) in [6.07, 6.45) is 2.58. The van der Waals surface area contributed by atoms with Crippen LogP contribution < -0.4 is 11.3 Å². The first-order valence-corrected chi connectivity index (χ1v) is 8.15. The number of thioether (sulfide) groups is 1. The van der Waals surface area contributed by atoms with Crippen LogP contribution in [0.5, 0.6) is 0 Å². The van der Waals surface area contributed by atoms with Crippen molar-refractivity contribution in [2.45, 2.75) is 24.7 Å². The number of hydrogen-bond donors (Lipinski definition) is 2. The highest BCUT2D eigenvalue weighted by molar-refractivity contribution is 7.98. The number of hydrazine groups is 1. The third kappa shape index (κ3) is 3.07. The second kappa shape index (κ2) is 6.51. The van der Waals surface area contributed by atoms with Crippen LogP contribution in [0.2, 0.25) is 0 Å². The third-order valence-corrected chi connectivity index (χ3v) is 4.66. The van der Waals surface area contributed by atoms with Crippen LogP contribution >= 0.6 is 11.8 Å². The molecule has 1 aromatic heterocycles. The normalized spacial score (nSPS) is 18.2. The van der Waals surface area contributed by atoms with Crippen LogP contribution in [-0.2, 0) is 10.5 Å². The number of rotatable bonds is 5. The van der Waals surface area contributed by atoms with E-state index in [1.165, 1.54) is 0 Å². The van der Waals surface area contributed by atoms with Gasteiger partial charge in [0.2, 0.25) is 0 Å². The number of nitrogen functional groups attached to an aromatic ring is 1. The van der Waals surface area contributed by atoms with E-state index in [1.54, 1.807) is 11.8 Å². The van der Waals surface area contributed by atoms with E-state index in [-0.39, 0.29) is 5.91 Å². The van der Waals surface area contributed by atoms with E-state index < -0.39 is 0 Å². The minimum Gasteiger partial charge on any atom is -0.459 e. The van der Waals surface area contributed by atoms with E-state index in [0.29, 0.717) is 28.8 Å². The molecule has 2 heterocycles.